The highest BCUT2D eigenvalue weighted by atomic mass is 14.9. The molecule has 0 unspecified atom stereocenters. The third-order valence-electron chi connectivity index (χ3n) is 4.88. The molecule has 4 rings (SSSR count). The normalized spacial score (nSPS) is 12.3. The van der Waals surface area contributed by atoms with Crippen molar-refractivity contribution in [2.75, 3.05) is 5.32 Å². The Bertz CT molecular complexity index is 803. The number of aryl methyl sites for hydroxylation is 4. The molecular weight excluding hydrogens is 290 g/mol. The average molecular weight is 313 g/mol. The van der Waals surface area contributed by atoms with Gasteiger partial charge >= 0.3 is 0 Å². The van der Waals surface area contributed by atoms with E-state index in [2.05, 4.69) is 59.9 Å². The van der Waals surface area contributed by atoms with E-state index in [1.807, 2.05) is 18.2 Å². The molecule has 0 fully saturated rings. The number of fused-ring (bicyclic) bond motifs is 1. The highest BCUT2D eigenvalue weighted by molar-refractivity contribution is 5.59. The van der Waals surface area contributed by atoms with Gasteiger partial charge in [0.2, 0.25) is 0 Å². The summed E-state index contributed by atoms with van der Waals surface area (Å²) in [4.78, 5) is 0. The monoisotopic (exact) mass is 313 g/mol. The van der Waals surface area contributed by atoms with Crippen LogP contribution >= 0.6 is 0 Å². The van der Waals surface area contributed by atoms with Gasteiger partial charge in [-0.2, -0.15) is 0 Å². The molecule has 3 aromatic carbocycles. The number of benzene rings is 3. The summed E-state index contributed by atoms with van der Waals surface area (Å²) in [6.07, 6.45) is 6.09. The summed E-state index contributed by atoms with van der Waals surface area (Å²) in [5.41, 5.74) is 8.32. The maximum Gasteiger partial charge on any atom is 0.0384 e. The molecule has 1 nitrogen and oxygen atoms in total. The lowest BCUT2D eigenvalue weighted by atomic mass is 9.86. The SMILES string of the molecule is c1ccc(Nc2ccc(CCCc3ccc4c(c3)CC4)cc2)cc1. The summed E-state index contributed by atoms with van der Waals surface area (Å²) in [5.74, 6) is 0. The molecule has 0 aromatic heterocycles. The van der Waals surface area contributed by atoms with Crippen LogP contribution < -0.4 is 5.32 Å². The second kappa shape index (κ2) is 6.92. The van der Waals surface area contributed by atoms with E-state index >= 15 is 0 Å². The molecule has 0 radical (unpaired) electrons. The van der Waals surface area contributed by atoms with Crippen molar-refractivity contribution < 1.29 is 0 Å². The van der Waals surface area contributed by atoms with E-state index < -0.39 is 0 Å². The molecule has 0 aliphatic heterocycles. The van der Waals surface area contributed by atoms with Gasteiger partial charge in [-0.25, -0.2) is 0 Å². The molecule has 0 saturated heterocycles. The minimum atomic E-state index is 1.13. The van der Waals surface area contributed by atoms with Gasteiger partial charge in [0.05, 0.1) is 0 Å². The van der Waals surface area contributed by atoms with E-state index in [4.69, 9.17) is 0 Å². The Morgan fingerprint density at radius 3 is 2.00 bits per heavy atom. The molecule has 24 heavy (non-hydrogen) atoms. The van der Waals surface area contributed by atoms with Gasteiger partial charge in [0, 0.05) is 11.4 Å². The molecular formula is C23H23N. The molecule has 0 atom stereocenters. The second-order valence-electron chi connectivity index (χ2n) is 6.64. The van der Waals surface area contributed by atoms with Crippen molar-refractivity contribution in [1.29, 1.82) is 0 Å². The summed E-state index contributed by atoms with van der Waals surface area (Å²) in [6.45, 7) is 0. The minimum Gasteiger partial charge on any atom is -0.356 e. The van der Waals surface area contributed by atoms with Crippen LogP contribution in [0.15, 0.2) is 72.8 Å². The molecule has 1 heteroatoms. The van der Waals surface area contributed by atoms with Gasteiger partial charge in [0.15, 0.2) is 0 Å². The fourth-order valence-electron chi connectivity index (χ4n) is 3.34. The summed E-state index contributed by atoms with van der Waals surface area (Å²) in [6, 6.07) is 26.2. The Morgan fingerprint density at radius 1 is 0.625 bits per heavy atom. The number of hydrogen-bond acceptors (Lipinski definition) is 1. The van der Waals surface area contributed by atoms with Crippen LogP contribution in [0.2, 0.25) is 0 Å². The zero-order chi connectivity index (χ0) is 16.2. The van der Waals surface area contributed by atoms with Crippen LogP contribution in [-0.2, 0) is 25.7 Å². The third kappa shape index (κ3) is 3.51. The zero-order valence-corrected chi connectivity index (χ0v) is 14.0. The number of hydrogen-bond donors (Lipinski definition) is 1. The first-order chi connectivity index (χ1) is 11.9. The maximum atomic E-state index is 3.43. The van der Waals surface area contributed by atoms with E-state index in [-0.39, 0.29) is 0 Å². The van der Waals surface area contributed by atoms with Crippen LogP contribution in [0.25, 0.3) is 0 Å². The number of nitrogens with one attached hydrogen (secondary N) is 1. The zero-order valence-electron chi connectivity index (χ0n) is 14.0. The fourth-order valence-corrected chi connectivity index (χ4v) is 3.34. The predicted molar refractivity (Wildman–Crippen MR) is 102 cm³/mol. The van der Waals surface area contributed by atoms with Gasteiger partial charge < -0.3 is 5.32 Å². The van der Waals surface area contributed by atoms with Crippen molar-refractivity contribution in [2.24, 2.45) is 0 Å². The van der Waals surface area contributed by atoms with E-state index in [0.29, 0.717) is 0 Å². The van der Waals surface area contributed by atoms with Crippen LogP contribution in [-0.4, -0.2) is 0 Å². The first-order valence-electron chi connectivity index (χ1n) is 8.88. The van der Waals surface area contributed by atoms with E-state index in [1.54, 1.807) is 11.1 Å². The van der Waals surface area contributed by atoms with Crippen molar-refractivity contribution in [1.82, 2.24) is 0 Å². The summed E-state index contributed by atoms with van der Waals surface area (Å²) >= 11 is 0. The predicted octanol–water partition coefficient (Wildman–Crippen LogP) is 5.70. The topological polar surface area (TPSA) is 12.0 Å². The molecule has 1 aliphatic rings. The maximum absolute atomic E-state index is 3.43. The molecule has 3 aromatic rings. The Balaban J connectivity index is 1.29. The fraction of sp³-hybridized carbons (Fsp3) is 0.217. The Kier molecular flexibility index (Phi) is 4.33. The van der Waals surface area contributed by atoms with Gasteiger partial charge in [-0.05, 0) is 78.6 Å². The molecule has 1 N–H and O–H groups in total. The van der Waals surface area contributed by atoms with Crippen molar-refractivity contribution in [3.63, 3.8) is 0 Å². The highest BCUT2D eigenvalue weighted by Crippen LogP contribution is 2.24. The largest absolute Gasteiger partial charge is 0.356 e. The number of para-hydroxylation sites is 1. The van der Waals surface area contributed by atoms with Crippen LogP contribution in [0, 0.1) is 0 Å². The molecule has 0 spiro atoms. The Morgan fingerprint density at radius 2 is 1.29 bits per heavy atom. The van der Waals surface area contributed by atoms with Crippen LogP contribution in [0.5, 0.6) is 0 Å². The molecule has 120 valence electrons. The lowest BCUT2D eigenvalue weighted by Gasteiger charge is -2.19. The smallest absolute Gasteiger partial charge is 0.0384 e. The number of anilines is 2. The van der Waals surface area contributed by atoms with E-state index in [9.17, 15) is 0 Å². The average Bonchev–Trinajstić information content (AvgIpc) is 2.60. The van der Waals surface area contributed by atoms with Gasteiger partial charge in [0.25, 0.3) is 0 Å². The first kappa shape index (κ1) is 15.0. The Labute approximate surface area is 144 Å². The van der Waals surface area contributed by atoms with Crippen molar-refractivity contribution >= 4 is 11.4 Å². The van der Waals surface area contributed by atoms with Gasteiger partial charge in [-0.15, -0.1) is 0 Å². The highest BCUT2D eigenvalue weighted by Gasteiger charge is 2.12. The van der Waals surface area contributed by atoms with Gasteiger partial charge in [-0.1, -0.05) is 48.5 Å². The van der Waals surface area contributed by atoms with Gasteiger partial charge in [-0.3, -0.25) is 0 Å². The standard InChI is InChI=1S/C23H23N/c1-2-7-22(8-3-1)24-23-15-10-18(11-16-23)5-4-6-19-9-12-20-13-14-21(20)17-19/h1-3,7-12,15-17,24H,4-6,13-14H2. The molecule has 0 saturated carbocycles. The van der Waals surface area contributed by atoms with Crippen LogP contribution in [0.1, 0.15) is 28.7 Å². The summed E-state index contributed by atoms with van der Waals surface area (Å²) in [7, 11) is 0. The molecule has 1 aliphatic carbocycles. The van der Waals surface area contributed by atoms with Gasteiger partial charge in [0.1, 0.15) is 0 Å². The summed E-state index contributed by atoms with van der Waals surface area (Å²) in [5, 5.41) is 3.43. The second-order valence-corrected chi connectivity index (χ2v) is 6.64. The molecule has 0 bridgehead atoms. The van der Waals surface area contributed by atoms with Crippen molar-refractivity contribution in [2.45, 2.75) is 32.1 Å². The van der Waals surface area contributed by atoms with Crippen molar-refractivity contribution in [3.05, 3.63) is 95.1 Å². The number of rotatable bonds is 6. The Hall–Kier alpha value is -2.54. The van der Waals surface area contributed by atoms with E-state index in [0.717, 1.165) is 17.8 Å². The molecule has 0 heterocycles. The third-order valence-corrected chi connectivity index (χ3v) is 4.88. The first-order valence-corrected chi connectivity index (χ1v) is 8.88. The van der Waals surface area contributed by atoms with Crippen molar-refractivity contribution in [3.8, 4) is 0 Å². The lowest BCUT2D eigenvalue weighted by Crippen LogP contribution is -2.08. The lowest BCUT2D eigenvalue weighted by molar-refractivity contribution is 0.799. The van der Waals surface area contributed by atoms with Crippen LogP contribution in [0.3, 0.4) is 0 Å². The molecule has 0 amide bonds. The quantitative estimate of drug-likeness (QED) is 0.615. The summed E-state index contributed by atoms with van der Waals surface area (Å²) < 4.78 is 0. The van der Waals surface area contributed by atoms with Crippen LogP contribution in [0.4, 0.5) is 11.4 Å². The minimum absolute atomic E-state index is 1.13. The van der Waals surface area contributed by atoms with E-state index in [1.165, 1.54) is 36.8 Å².